The summed E-state index contributed by atoms with van der Waals surface area (Å²) >= 11 is 5.96. The minimum absolute atomic E-state index is 0.0586. The van der Waals surface area contributed by atoms with E-state index in [0.29, 0.717) is 0 Å². The quantitative estimate of drug-likeness (QED) is 0.731. The molecule has 2 aromatic heterocycles. The lowest BCUT2D eigenvalue weighted by molar-refractivity contribution is 0.566. The number of rotatable bonds is 1. The van der Waals surface area contributed by atoms with E-state index in [-0.39, 0.29) is 10.7 Å². The van der Waals surface area contributed by atoms with E-state index < -0.39 is 0 Å². The Morgan fingerprint density at radius 2 is 1.94 bits per heavy atom. The highest BCUT2D eigenvalue weighted by Crippen LogP contribution is 2.23. The Labute approximate surface area is 106 Å². The average Bonchev–Trinajstić information content (AvgIpc) is 2.62. The van der Waals surface area contributed by atoms with Crippen molar-refractivity contribution in [3.63, 3.8) is 0 Å². The van der Waals surface area contributed by atoms with Crippen molar-refractivity contribution < 1.29 is 0 Å². The van der Waals surface area contributed by atoms with E-state index in [1.807, 2.05) is 23.8 Å². The monoisotopic (exact) mass is 250 g/mol. The van der Waals surface area contributed by atoms with Gasteiger partial charge in [0.25, 0.3) is 0 Å². The number of hydrogen-bond donors (Lipinski definition) is 0. The molecule has 2 aromatic rings. The first-order valence-electron chi connectivity index (χ1n) is 5.42. The molecule has 90 valence electrons. The maximum Gasteiger partial charge on any atom is 0.224 e. The van der Waals surface area contributed by atoms with Gasteiger partial charge in [0.1, 0.15) is 12.1 Å². The van der Waals surface area contributed by atoms with Crippen molar-refractivity contribution in [3.05, 3.63) is 35.3 Å². The number of aromatic nitrogens is 4. The fourth-order valence-electron chi connectivity index (χ4n) is 1.47. The van der Waals surface area contributed by atoms with Gasteiger partial charge < -0.3 is 0 Å². The molecule has 5 heteroatoms. The Bertz CT molecular complexity index is 540. The zero-order valence-electron chi connectivity index (χ0n) is 10.4. The number of imidazole rings is 1. The molecule has 0 saturated heterocycles. The number of nitrogens with zero attached hydrogens (tertiary/aromatic N) is 4. The summed E-state index contributed by atoms with van der Waals surface area (Å²) in [6.45, 7) is 8.21. The van der Waals surface area contributed by atoms with Gasteiger partial charge in [-0.3, -0.25) is 4.57 Å². The van der Waals surface area contributed by atoms with Crippen LogP contribution in [0.25, 0.3) is 5.82 Å². The van der Waals surface area contributed by atoms with Gasteiger partial charge in [0.15, 0.2) is 0 Å². The molecule has 4 nitrogen and oxygen atoms in total. The Balaban J connectivity index is 2.52. The van der Waals surface area contributed by atoms with Crippen LogP contribution in [-0.2, 0) is 5.41 Å². The van der Waals surface area contributed by atoms with Gasteiger partial charge in [-0.15, -0.1) is 0 Å². The van der Waals surface area contributed by atoms with E-state index in [1.165, 1.54) is 0 Å². The Morgan fingerprint density at radius 1 is 1.24 bits per heavy atom. The van der Waals surface area contributed by atoms with Gasteiger partial charge in [0.2, 0.25) is 5.28 Å². The number of hydrogen-bond acceptors (Lipinski definition) is 3. The zero-order valence-corrected chi connectivity index (χ0v) is 11.2. The maximum atomic E-state index is 5.96. The van der Waals surface area contributed by atoms with Crippen LogP contribution in [0.4, 0.5) is 0 Å². The first kappa shape index (κ1) is 12.0. The van der Waals surface area contributed by atoms with Crippen LogP contribution in [0.3, 0.4) is 0 Å². The molecule has 0 aliphatic carbocycles. The van der Waals surface area contributed by atoms with Gasteiger partial charge in [-0.2, -0.15) is 4.98 Å². The molecule has 0 aliphatic rings. The van der Waals surface area contributed by atoms with Gasteiger partial charge in [0, 0.05) is 17.7 Å². The fourth-order valence-corrected chi connectivity index (χ4v) is 1.65. The van der Waals surface area contributed by atoms with E-state index >= 15 is 0 Å². The molecule has 0 radical (unpaired) electrons. The molecule has 0 fully saturated rings. The van der Waals surface area contributed by atoms with Gasteiger partial charge >= 0.3 is 0 Å². The predicted molar refractivity (Wildman–Crippen MR) is 67.6 cm³/mol. The summed E-state index contributed by atoms with van der Waals surface area (Å²) in [5.41, 5.74) is 1.80. The topological polar surface area (TPSA) is 43.6 Å². The van der Waals surface area contributed by atoms with Crippen molar-refractivity contribution in [1.29, 1.82) is 0 Å². The van der Waals surface area contributed by atoms with E-state index in [4.69, 9.17) is 11.6 Å². The van der Waals surface area contributed by atoms with E-state index in [2.05, 4.69) is 35.7 Å². The molecule has 0 spiro atoms. The van der Waals surface area contributed by atoms with Crippen LogP contribution in [0, 0.1) is 6.92 Å². The predicted octanol–water partition coefficient (Wildman–Crippen LogP) is 2.92. The van der Waals surface area contributed by atoms with Crippen LogP contribution in [0.2, 0.25) is 5.28 Å². The average molecular weight is 251 g/mol. The Morgan fingerprint density at radius 3 is 2.47 bits per heavy atom. The molecule has 2 rings (SSSR count). The Hall–Kier alpha value is -1.42. The smallest absolute Gasteiger partial charge is 0.224 e. The highest BCUT2D eigenvalue weighted by molar-refractivity contribution is 6.28. The summed E-state index contributed by atoms with van der Waals surface area (Å²) in [7, 11) is 0. The summed E-state index contributed by atoms with van der Waals surface area (Å²) in [6.07, 6.45) is 3.63. The third kappa shape index (κ3) is 2.64. The number of halogens is 1. The highest BCUT2D eigenvalue weighted by atomic mass is 35.5. The van der Waals surface area contributed by atoms with Gasteiger partial charge in [0.05, 0.1) is 11.4 Å². The molecule has 0 unspecified atom stereocenters. The van der Waals surface area contributed by atoms with Crippen LogP contribution in [-0.4, -0.2) is 19.5 Å². The lowest BCUT2D eigenvalue weighted by atomic mass is 9.92. The van der Waals surface area contributed by atoms with Gasteiger partial charge in [-0.05, 0) is 18.5 Å². The molecule has 0 aromatic carbocycles. The van der Waals surface area contributed by atoms with Gasteiger partial charge in [-0.25, -0.2) is 9.97 Å². The Kier molecular flexibility index (Phi) is 2.91. The van der Waals surface area contributed by atoms with Crippen molar-refractivity contribution in [3.8, 4) is 5.82 Å². The summed E-state index contributed by atoms with van der Waals surface area (Å²) in [5.74, 6) is 0.746. The molecule has 17 heavy (non-hydrogen) atoms. The maximum absolute atomic E-state index is 5.96. The van der Waals surface area contributed by atoms with E-state index in [9.17, 15) is 0 Å². The molecule has 0 amide bonds. The van der Waals surface area contributed by atoms with E-state index in [1.54, 1.807) is 6.33 Å². The SMILES string of the molecule is Cc1cn(-c2cc(C(C)(C)C)nc(Cl)n2)cn1. The number of aryl methyl sites for hydroxylation is 1. The van der Waals surface area contributed by atoms with Crippen molar-refractivity contribution in [2.45, 2.75) is 33.1 Å². The molecular weight excluding hydrogens is 236 g/mol. The third-order valence-electron chi connectivity index (χ3n) is 2.43. The standard InChI is InChI=1S/C12H15ClN4/c1-8-6-17(7-14-8)10-5-9(12(2,3)4)15-11(13)16-10/h5-7H,1-4H3. The minimum Gasteiger partial charge on any atom is -0.290 e. The second-order valence-electron chi connectivity index (χ2n) is 5.05. The summed E-state index contributed by atoms with van der Waals surface area (Å²) in [6, 6.07) is 1.94. The minimum atomic E-state index is -0.0586. The normalized spacial score (nSPS) is 11.8. The molecule has 0 saturated carbocycles. The van der Waals surface area contributed by atoms with Crippen molar-refractivity contribution in [2.24, 2.45) is 0 Å². The van der Waals surface area contributed by atoms with Crippen LogP contribution in [0.1, 0.15) is 32.2 Å². The van der Waals surface area contributed by atoms with Crippen LogP contribution in [0.15, 0.2) is 18.6 Å². The largest absolute Gasteiger partial charge is 0.290 e. The van der Waals surface area contributed by atoms with Crippen LogP contribution < -0.4 is 0 Å². The first-order valence-corrected chi connectivity index (χ1v) is 5.80. The fraction of sp³-hybridized carbons (Fsp3) is 0.417. The van der Waals surface area contributed by atoms with Crippen LogP contribution in [0.5, 0.6) is 0 Å². The third-order valence-corrected chi connectivity index (χ3v) is 2.60. The van der Waals surface area contributed by atoms with Crippen LogP contribution >= 0.6 is 11.6 Å². The molecule has 0 aliphatic heterocycles. The van der Waals surface area contributed by atoms with E-state index in [0.717, 1.165) is 17.2 Å². The molecular formula is C12H15ClN4. The molecule has 2 heterocycles. The molecule has 0 bridgehead atoms. The highest BCUT2D eigenvalue weighted by Gasteiger charge is 2.18. The lowest BCUT2D eigenvalue weighted by Crippen LogP contribution is -2.15. The van der Waals surface area contributed by atoms with Crippen molar-refractivity contribution >= 4 is 11.6 Å². The zero-order chi connectivity index (χ0) is 12.6. The second kappa shape index (κ2) is 4.11. The summed E-state index contributed by atoms with van der Waals surface area (Å²) in [5, 5.41) is 0.263. The molecule has 0 atom stereocenters. The first-order chi connectivity index (χ1) is 7.86. The second-order valence-corrected chi connectivity index (χ2v) is 5.39. The summed E-state index contributed by atoms with van der Waals surface area (Å²) < 4.78 is 1.85. The van der Waals surface area contributed by atoms with Crippen molar-refractivity contribution in [1.82, 2.24) is 19.5 Å². The van der Waals surface area contributed by atoms with Crippen molar-refractivity contribution in [2.75, 3.05) is 0 Å². The summed E-state index contributed by atoms with van der Waals surface area (Å²) in [4.78, 5) is 12.6. The van der Waals surface area contributed by atoms with Gasteiger partial charge in [-0.1, -0.05) is 20.8 Å². The lowest BCUT2D eigenvalue weighted by Gasteiger charge is -2.18. The molecule has 0 N–H and O–H groups in total.